The van der Waals surface area contributed by atoms with E-state index in [-0.39, 0.29) is 41.8 Å². The van der Waals surface area contributed by atoms with Crippen molar-refractivity contribution >= 4 is 30.2 Å². The molecule has 6 aliphatic rings. The highest BCUT2D eigenvalue weighted by molar-refractivity contribution is 5.87. The summed E-state index contributed by atoms with van der Waals surface area (Å²) in [6.45, 7) is 5.44. The number of hydrazone groups is 2. The lowest BCUT2D eigenvalue weighted by molar-refractivity contribution is -0.133. The van der Waals surface area contributed by atoms with Crippen LogP contribution in [0.1, 0.15) is 73.5 Å². The number of halogens is 4. The maximum atomic E-state index is 15.5. The largest absolute Gasteiger partial charge is 0.408 e. The topological polar surface area (TPSA) is 133 Å². The standard InChI is InChI=1S/C39H40F4N10O3/c1-21-46-48-36(55-21)50-9-5-29(38(19-50)17-33(38)52-31(3-7-44-52)23-11-25(40)15-26(41)12-23)35(54)30-6-10-51(37-49-47-22(2)56-37)20-39(30)18-34(39)53-32(4-8-45-53)24-13-27(42)16-28(43)14-24/h7-8,11-16,29-34H,3-6,9-10,17-20H2,1-2H3. The van der Waals surface area contributed by atoms with Crippen molar-refractivity contribution in [3.63, 3.8) is 0 Å². The Balaban J connectivity index is 0.986. The molecule has 2 spiro atoms. The number of hydrogen-bond donors (Lipinski definition) is 0. The molecular weight excluding hydrogens is 732 g/mol. The van der Waals surface area contributed by atoms with E-state index in [2.05, 4.69) is 20.4 Å². The zero-order chi connectivity index (χ0) is 38.5. The minimum Gasteiger partial charge on any atom is -0.408 e. The summed E-state index contributed by atoms with van der Waals surface area (Å²) >= 11 is 0. The summed E-state index contributed by atoms with van der Waals surface area (Å²) in [7, 11) is 0. The lowest BCUT2D eigenvalue weighted by Gasteiger charge is -2.45. The molecular formula is C39H40F4N10O3. The molecule has 0 radical (unpaired) electrons. The number of carbonyl (C=O) groups is 1. The van der Waals surface area contributed by atoms with Crippen LogP contribution in [0.4, 0.5) is 29.6 Å². The molecule has 0 bridgehead atoms. The maximum absolute atomic E-state index is 15.5. The zero-order valence-corrected chi connectivity index (χ0v) is 30.9. The van der Waals surface area contributed by atoms with Crippen LogP contribution < -0.4 is 9.80 Å². The molecule has 4 aromatic rings. The fourth-order valence-corrected chi connectivity index (χ4v) is 10.5. The third-order valence-corrected chi connectivity index (χ3v) is 13.1. The highest BCUT2D eigenvalue weighted by atomic mass is 19.1. The maximum Gasteiger partial charge on any atom is 0.318 e. The zero-order valence-electron chi connectivity index (χ0n) is 30.9. The van der Waals surface area contributed by atoms with Crippen LogP contribution in [-0.4, -0.2) is 86.9 Å². The molecule has 56 heavy (non-hydrogen) atoms. The Morgan fingerprint density at radius 2 is 1.05 bits per heavy atom. The van der Waals surface area contributed by atoms with E-state index < -0.39 is 34.1 Å². The fraction of sp³-hybridized carbons (Fsp3) is 0.513. The SMILES string of the molecule is Cc1nnc(N2CCC(C(=O)C3CCN(c4nnc(C)o4)CC34CC4N3N=CCC3c3cc(F)cc(F)c3)C3(CC3N3N=CCC3c3cc(F)cc(F)c3)C2)o1. The van der Waals surface area contributed by atoms with Crippen LogP contribution in [0, 0.1) is 59.8 Å². The molecule has 2 aliphatic carbocycles. The first-order valence-corrected chi connectivity index (χ1v) is 19.2. The van der Waals surface area contributed by atoms with Crippen LogP contribution in [0.15, 0.2) is 55.4 Å². The van der Waals surface area contributed by atoms with Crippen molar-refractivity contribution in [2.24, 2.45) is 32.9 Å². The van der Waals surface area contributed by atoms with Gasteiger partial charge in [-0.3, -0.25) is 14.8 Å². The summed E-state index contributed by atoms with van der Waals surface area (Å²) in [6, 6.07) is 6.74. The number of nitrogens with zero attached hydrogens (tertiary/aromatic N) is 10. The number of Topliss-reactive ketones (excluding diaryl/α,β-unsaturated/α-hetero) is 1. The number of rotatable bonds is 8. The Kier molecular flexibility index (Phi) is 8.05. The molecule has 2 saturated heterocycles. The molecule has 13 nitrogen and oxygen atoms in total. The van der Waals surface area contributed by atoms with Crippen molar-refractivity contribution in [1.82, 2.24) is 30.4 Å². The highest BCUT2D eigenvalue weighted by Gasteiger charge is 2.71. The first-order chi connectivity index (χ1) is 27.0. The molecule has 0 N–H and O–H groups in total. The molecule has 10 rings (SSSR count). The van der Waals surface area contributed by atoms with Crippen molar-refractivity contribution in [3.05, 3.63) is 82.6 Å². The van der Waals surface area contributed by atoms with Crippen LogP contribution in [0.25, 0.3) is 0 Å². The average Bonchev–Trinajstić information content (AvgIpc) is 3.62. The second-order valence-electron chi connectivity index (χ2n) is 16.3. The smallest absolute Gasteiger partial charge is 0.318 e. The van der Waals surface area contributed by atoms with Gasteiger partial charge in [-0.25, -0.2) is 17.6 Å². The number of benzene rings is 2. The number of aromatic nitrogens is 4. The van der Waals surface area contributed by atoms with Gasteiger partial charge in [0.1, 0.15) is 29.1 Å². The van der Waals surface area contributed by atoms with Crippen molar-refractivity contribution in [2.45, 2.75) is 76.5 Å². The third kappa shape index (κ3) is 5.75. The van der Waals surface area contributed by atoms with E-state index in [1.54, 1.807) is 26.3 Å². The lowest BCUT2D eigenvalue weighted by atomic mass is 9.69. The minimum absolute atomic E-state index is 0.158. The predicted octanol–water partition coefficient (Wildman–Crippen LogP) is 5.93. The summed E-state index contributed by atoms with van der Waals surface area (Å²) in [5.41, 5.74) is -0.146. The van der Waals surface area contributed by atoms with Gasteiger partial charge in [-0.05, 0) is 61.1 Å². The Morgan fingerprint density at radius 3 is 1.43 bits per heavy atom. The Morgan fingerprint density at radius 1 is 0.643 bits per heavy atom. The number of aryl methyl sites for hydroxylation is 2. The van der Waals surface area contributed by atoms with Crippen molar-refractivity contribution in [3.8, 4) is 0 Å². The van der Waals surface area contributed by atoms with Gasteiger partial charge in [-0.1, -0.05) is 10.2 Å². The number of hydrogen-bond acceptors (Lipinski definition) is 13. The summed E-state index contributed by atoms with van der Waals surface area (Å²) in [5.74, 6) is -2.33. The number of piperidine rings is 2. The van der Waals surface area contributed by atoms with Gasteiger partial charge in [0.2, 0.25) is 11.8 Å². The van der Waals surface area contributed by atoms with Crippen molar-refractivity contribution in [1.29, 1.82) is 0 Å². The lowest BCUT2D eigenvalue weighted by Crippen LogP contribution is -2.54. The van der Waals surface area contributed by atoms with Gasteiger partial charge in [0.05, 0.1) is 24.2 Å². The van der Waals surface area contributed by atoms with E-state index in [1.807, 2.05) is 19.8 Å². The van der Waals surface area contributed by atoms with Crippen LogP contribution in [0.3, 0.4) is 0 Å². The van der Waals surface area contributed by atoms with Gasteiger partial charge < -0.3 is 18.6 Å². The van der Waals surface area contributed by atoms with Gasteiger partial charge in [0.25, 0.3) is 0 Å². The fourth-order valence-electron chi connectivity index (χ4n) is 10.5. The molecule has 8 atom stereocenters. The van der Waals surface area contributed by atoms with Crippen LogP contribution >= 0.6 is 0 Å². The Hall–Kier alpha value is -5.35. The highest BCUT2D eigenvalue weighted by Crippen LogP contribution is 2.66. The van der Waals surface area contributed by atoms with Gasteiger partial charge in [0, 0.05) is 100 Å². The van der Waals surface area contributed by atoms with Crippen LogP contribution in [-0.2, 0) is 4.79 Å². The van der Waals surface area contributed by atoms with Gasteiger partial charge in [-0.15, -0.1) is 10.2 Å². The van der Waals surface area contributed by atoms with Crippen LogP contribution in [0.5, 0.6) is 0 Å². The first-order valence-electron chi connectivity index (χ1n) is 19.2. The molecule has 17 heteroatoms. The number of carbonyl (C=O) groups excluding carboxylic acids is 1. The molecule has 6 heterocycles. The quantitative estimate of drug-likeness (QED) is 0.198. The van der Waals surface area contributed by atoms with E-state index in [9.17, 15) is 17.6 Å². The monoisotopic (exact) mass is 772 g/mol. The molecule has 2 aromatic heterocycles. The molecule has 2 saturated carbocycles. The summed E-state index contributed by atoms with van der Waals surface area (Å²) in [6.07, 6.45) is 6.84. The molecule has 0 amide bonds. The summed E-state index contributed by atoms with van der Waals surface area (Å²) in [4.78, 5) is 19.6. The molecule has 292 valence electrons. The first kappa shape index (κ1) is 35.1. The summed E-state index contributed by atoms with van der Waals surface area (Å²) in [5, 5.41) is 30.1. The van der Waals surface area contributed by atoms with Crippen molar-refractivity contribution in [2.75, 3.05) is 36.0 Å². The van der Waals surface area contributed by atoms with Crippen LogP contribution in [0.2, 0.25) is 0 Å². The van der Waals surface area contributed by atoms with E-state index in [0.29, 0.717) is 99.6 Å². The van der Waals surface area contributed by atoms with Gasteiger partial charge in [0.15, 0.2) is 0 Å². The van der Waals surface area contributed by atoms with Gasteiger partial charge >= 0.3 is 12.0 Å². The third-order valence-electron chi connectivity index (χ3n) is 13.1. The van der Waals surface area contributed by atoms with E-state index in [4.69, 9.17) is 19.0 Å². The number of ketones is 1. The normalized spacial score (nSPS) is 32.0. The second-order valence-corrected chi connectivity index (χ2v) is 16.3. The molecule has 8 unspecified atom stereocenters. The average molecular weight is 773 g/mol. The minimum atomic E-state index is -0.653. The number of anilines is 2. The summed E-state index contributed by atoms with van der Waals surface area (Å²) < 4.78 is 69.6. The molecule has 4 fully saturated rings. The van der Waals surface area contributed by atoms with E-state index in [1.165, 1.54) is 24.3 Å². The molecule has 4 aliphatic heterocycles. The van der Waals surface area contributed by atoms with E-state index >= 15 is 4.79 Å². The molecule has 2 aromatic carbocycles. The van der Waals surface area contributed by atoms with Crippen molar-refractivity contribution < 1.29 is 31.2 Å². The Bertz CT molecular complexity index is 2070. The second kappa shape index (κ2) is 12.8. The Labute approximate surface area is 319 Å². The van der Waals surface area contributed by atoms with E-state index in [0.717, 1.165) is 12.1 Å². The van der Waals surface area contributed by atoms with Gasteiger partial charge in [-0.2, -0.15) is 10.2 Å². The predicted molar refractivity (Wildman–Crippen MR) is 193 cm³/mol.